The Labute approximate surface area is 56.6 Å². The summed E-state index contributed by atoms with van der Waals surface area (Å²) in [4.78, 5) is 0. The third kappa shape index (κ3) is 1.43. The lowest BCUT2D eigenvalue weighted by molar-refractivity contribution is 0.174. The first-order valence-corrected chi connectivity index (χ1v) is 3.78. The molecule has 0 heterocycles. The van der Waals surface area contributed by atoms with E-state index in [0.717, 1.165) is 24.9 Å². The molecule has 0 saturated heterocycles. The normalized spacial score (nSPS) is 34.0. The summed E-state index contributed by atoms with van der Waals surface area (Å²) >= 11 is 0. The van der Waals surface area contributed by atoms with Crippen molar-refractivity contribution in [1.82, 2.24) is 0 Å². The second-order valence-electron chi connectivity index (χ2n) is 2.91. The minimum absolute atomic E-state index is 0.800. The number of rotatable bonds is 3. The molecular formula is C7H16N2. The van der Waals surface area contributed by atoms with Crippen molar-refractivity contribution in [2.75, 3.05) is 13.1 Å². The third-order valence-electron chi connectivity index (χ3n) is 2.42. The van der Waals surface area contributed by atoms with Gasteiger partial charge in [0.05, 0.1) is 0 Å². The zero-order valence-corrected chi connectivity index (χ0v) is 5.84. The molecule has 1 fully saturated rings. The highest BCUT2D eigenvalue weighted by Crippen LogP contribution is 2.35. The van der Waals surface area contributed by atoms with Gasteiger partial charge in [0.15, 0.2) is 0 Å². The minimum atomic E-state index is 0.800. The molecule has 1 saturated carbocycles. The fraction of sp³-hybridized carbons (Fsp3) is 1.00. The zero-order valence-electron chi connectivity index (χ0n) is 5.84. The van der Waals surface area contributed by atoms with Crippen LogP contribution >= 0.6 is 0 Å². The molecule has 0 aromatic carbocycles. The molecule has 0 amide bonds. The van der Waals surface area contributed by atoms with Crippen molar-refractivity contribution in [1.29, 1.82) is 0 Å². The molecule has 0 aliphatic heterocycles. The van der Waals surface area contributed by atoms with Crippen molar-refractivity contribution in [3.63, 3.8) is 0 Å². The Kier molecular flexibility index (Phi) is 2.49. The van der Waals surface area contributed by atoms with Gasteiger partial charge in [-0.3, -0.25) is 0 Å². The van der Waals surface area contributed by atoms with Crippen molar-refractivity contribution < 1.29 is 0 Å². The van der Waals surface area contributed by atoms with Gasteiger partial charge in [0.1, 0.15) is 0 Å². The van der Waals surface area contributed by atoms with Gasteiger partial charge in [-0.15, -0.1) is 0 Å². The van der Waals surface area contributed by atoms with Crippen LogP contribution in [0.3, 0.4) is 0 Å². The molecule has 2 atom stereocenters. The van der Waals surface area contributed by atoms with Gasteiger partial charge < -0.3 is 11.5 Å². The molecule has 2 unspecified atom stereocenters. The van der Waals surface area contributed by atoms with E-state index in [1.807, 2.05) is 0 Å². The van der Waals surface area contributed by atoms with Crippen LogP contribution in [-0.4, -0.2) is 13.1 Å². The van der Waals surface area contributed by atoms with Crippen LogP contribution < -0.4 is 11.5 Å². The van der Waals surface area contributed by atoms with Crippen LogP contribution in [0.25, 0.3) is 0 Å². The van der Waals surface area contributed by atoms with Gasteiger partial charge in [0, 0.05) is 0 Å². The molecule has 2 heteroatoms. The van der Waals surface area contributed by atoms with Crippen LogP contribution in [-0.2, 0) is 0 Å². The largest absolute Gasteiger partial charge is 0.330 e. The molecule has 2 nitrogen and oxygen atoms in total. The van der Waals surface area contributed by atoms with E-state index < -0.39 is 0 Å². The average molecular weight is 128 g/mol. The molecule has 0 aromatic heterocycles. The van der Waals surface area contributed by atoms with Crippen LogP contribution in [0.15, 0.2) is 0 Å². The van der Waals surface area contributed by atoms with Gasteiger partial charge in [0.2, 0.25) is 0 Å². The van der Waals surface area contributed by atoms with E-state index in [-0.39, 0.29) is 0 Å². The number of hydrogen-bond donors (Lipinski definition) is 2. The van der Waals surface area contributed by atoms with Crippen molar-refractivity contribution in [2.45, 2.75) is 19.3 Å². The summed E-state index contributed by atoms with van der Waals surface area (Å²) in [6, 6.07) is 0. The average Bonchev–Trinajstić information content (AvgIpc) is 1.82. The second kappa shape index (κ2) is 3.18. The van der Waals surface area contributed by atoms with Gasteiger partial charge in [-0.25, -0.2) is 0 Å². The number of nitrogens with two attached hydrogens (primary N) is 2. The van der Waals surface area contributed by atoms with Crippen LogP contribution in [0, 0.1) is 11.8 Å². The Morgan fingerprint density at radius 3 is 2.11 bits per heavy atom. The van der Waals surface area contributed by atoms with E-state index in [9.17, 15) is 0 Å². The second-order valence-corrected chi connectivity index (χ2v) is 2.91. The maximum absolute atomic E-state index is 5.51. The highest BCUT2D eigenvalue weighted by molar-refractivity contribution is 4.80. The fourth-order valence-electron chi connectivity index (χ4n) is 1.54. The van der Waals surface area contributed by atoms with Gasteiger partial charge in [-0.05, 0) is 44.2 Å². The summed E-state index contributed by atoms with van der Waals surface area (Å²) in [7, 11) is 0. The van der Waals surface area contributed by atoms with Crippen LogP contribution in [0.5, 0.6) is 0 Å². The topological polar surface area (TPSA) is 52.0 Å². The summed E-state index contributed by atoms with van der Waals surface area (Å²) in [5, 5.41) is 0. The van der Waals surface area contributed by atoms with E-state index in [2.05, 4.69) is 0 Å². The first kappa shape index (κ1) is 7.03. The SMILES string of the molecule is NCCC1CCC1CN. The van der Waals surface area contributed by atoms with Crippen LogP contribution in [0.1, 0.15) is 19.3 Å². The van der Waals surface area contributed by atoms with Crippen molar-refractivity contribution in [2.24, 2.45) is 23.3 Å². The van der Waals surface area contributed by atoms with E-state index in [1.54, 1.807) is 0 Å². The summed E-state index contributed by atoms with van der Waals surface area (Å²) < 4.78 is 0. The maximum Gasteiger partial charge on any atom is -0.00462 e. The smallest absolute Gasteiger partial charge is 0.00462 e. The minimum Gasteiger partial charge on any atom is -0.330 e. The summed E-state index contributed by atoms with van der Waals surface area (Å²) in [6.45, 7) is 1.70. The molecule has 4 N–H and O–H groups in total. The van der Waals surface area contributed by atoms with Gasteiger partial charge in [-0.1, -0.05) is 0 Å². The molecule has 0 aromatic rings. The van der Waals surface area contributed by atoms with Crippen molar-refractivity contribution >= 4 is 0 Å². The lowest BCUT2D eigenvalue weighted by atomic mass is 9.72. The Balaban J connectivity index is 2.11. The Bertz CT molecular complexity index is 81.0. The first-order valence-electron chi connectivity index (χ1n) is 3.78. The lowest BCUT2D eigenvalue weighted by Crippen LogP contribution is -2.33. The van der Waals surface area contributed by atoms with E-state index in [4.69, 9.17) is 11.5 Å². The van der Waals surface area contributed by atoms with E-state index in [0.29, 0.717) is 0 Å². The molecule has 1 aliphatic rings. The fourth-order valence-corrected chi connectivity index (χ4v) is 1.54. The van der Waals surface area contributed by atoms with Crippen LogP contribution in [0.2, 0.25) is 0 Å². The molecule has 1 rings (SSSR count). The highest BCUT2D eigenvalue weighted by Gasteiger charge is 2.27. The first-order chi connectivity index (χ1) is 4.38. The van der Waals surface area contributed by atoms with Gasteiger partial charge >= 0.3 is 0 Å². The predicted octanol–water partition coefficient (Wildman–Crippen LogP) is 0.320. The van der Waals surface area contributed by atoms with Crippen molar-refractivity contribution in [3.05, 3.63) is 0 Å². The number of hydrogen-bond acceptors (Lipinski definition) is 2. The summed E-state index contributed by atoms with van der Waals surface area (Å²) in [5.74, 6) is 1.66. The molecule has 9 heavy (non-hydrogen) atoms. The monoisotopic (exact) mass is 128 g/mol. The highest BCUT2D eigenvalue weighted by atomic mass is 14.6. The molecule has 1 aliphatic carbocycles. The third-order valence-corrected chi connectivity index (χ3v) is 2.42. The molecular weight excluding hydrogens is 112 g/mol. The van der Waals surface area contributed by atoms with Gasteiger partial charge in [0.25, 0.3) is 0 Å². The molecule has 0 spiro atoms. The summed E-state index contributed by atoms with van der Waals surface area (Å²) in [6.07, 6.45) is 3.88. The van der Waals surface area contributed by atoms with Gasteiger partial charge in [-0.2, -0.15) is 0 Å². The summed E-state index contributed by atoms with van der Waals surface area (Å²) in [5.41, 5.74) is 10.9. The Hall–Kier alpha value is -0.0800. The Morgan fingerprint density at radius 1 is 1.11 bits per heavy atom. The Morgan fingerprint density at radius 2 is 1.78 bits per heavy atom. The van der Waals surface area contributed by atoms with E-state index >= 15 is 0 Å². The van der Waals surface area contributed by atoms with E-state index in [1.165, 1.54) is 19.3 Å². The zero-order chi connectivity index (χ0) is 6.69. The standard InChI is InChI=1S/C7H16N2/c8-4-3-6-1-2-7(6)5-9/h6-7H,1-5,8-9H2. The van der Waals surface area contributed by atoms with Crippen LogP contribution in [0.4, 0.5) is 0 Å². The lowest BCUT2D eigenvalue weighted by Gasteiger charge is -2.35. The predicted molar refractivity (Wildman–Crippen MR) is 38.9 cm³/mol. The molecule has 54 valence electrons. The molecule has 0 radical (unpaired) electrons. The maximum atomic E-state index is 5.51. The quantitative estimate of drug-likeness (QED) is 0.575. The van der Waals surface area contributed by atoms with Crippen molar-refractivity contribution in [3.8, 4) is 0 Å². The molecule has 0 bridgehead atoms.